The van der Waals surface area contributed by atoms with Crippen molar-refractivity contribution in [2.75, 3.05) is 0 Å². The van der Waals surface area contributed by atoms with Gasteiger partial charge >= 0.3 is 0 Å². The van der Waals surface area contributed by atoms with Crippen LogP contribution in [0.1, 0.15) is 33.4 Å². The summed E-state index contributed by atoms with van der Waals surface area (Å²) in [6.07, 6.45) is 0. The quantitative estimate of drug-likeness (QED) is 0.149. The number of hydrogen-bond acceptors (Lipinski definition) is 9. The lowest BCUT2D eigenvalue weighted by molar-refractivity contribution is 1.43. The van der Waals surface area contributed by atoms with Gasteiger partial charge in [0.15, 0.2) is 0 Å². The molecule has 51 heavy (non-hydrogen) atoms. The van der Waals surface area contributed by atoms with Crippen LogP contribution in [0.3, 0.4) is 0 Å². The van der Waals surface area contributed by atoms with Crippen LogP contribution in [0, 0.1) is 0 Å². The summed E-state index contributed by atoms with van der Waals surface area (Å²) >= 11 is 17.4. The molecule has 0 saturated carbocycles. The smallest absolute Gasteiger partial charge is 0.0791 e. The summed E-state index contributed by atoms with van der Waals surface area (Å²) in [7, 11) is 0. The first kappa shape index (κ1) is 29.7. The largest absolute Gasteiger partial charge is 0.136 e. The van der Waals surface area contributed by atoms with Crippen molar-refractivity contribution in [1.29, 1.82) is 0 Å². The molecule has 0 radical (unpaired) electrons. The Hall–Kier alpha value is -2.70. The highest BCUT2D eigenvalue weighted by atomic mass is 32.2. The van der Waals surface area contributed by atoms with Crippen LogP contribution in [0.5, 0.6) is 0 Å². The van der Waals surface area contributed by atoms with Gasteiger partial charge in [-0.25, -0.2) is 0 Å². The highest BCUT2D eigenvalue weighted by Crippen LogP contribution is 2.70. The second-order valence-electron chi connectivity index (χ2n) is 12.7. The number of rotatable bonds is 0. The summed E-state index contributed by atoms with van der Waals surface area (Å²) in [4.78, 5) is 4.18. The first-order valence-corrected chi connectivity index (χ1v) is 23.9. The standard InChI is InChI=1S/C42H18S9/c1-4-10-22-19(7-1)28-34(31(22)40-46-25-13-16-43-37(25)49-40)29-21-9-3-6-12-24(21)33(42-48-27-15-18-45-39(27)51-42)36(29)30-20-8-2-5-11-23(20)32(35(28)30)41-47-26-14-17-44-38(26)50-41/h1-18H/b40-31+,41-32+,42-33+. The molecule has 0 amide bonds. The van der Waals surface area contributed by atoms with Crippen LogP contribution in [-0.2, 0) is 0 Å². The second-order valence-corrected chi connectivity index (χ2v) is 23.2. The van der Waals surface area contributed by atoms with Crippen LogP contribution < -0.4 is 0 Å². The Morgan fingerprint density at radius 2 is 0.569 bits per heavy atom. The Bertz CT molecular complexity index is 2470. The number of thioether (sulfide) groups is 6. The van der Waals surface area contributed by atoms with Crippen LogP contribution in [0.2, 0.25) is 0 Å². The Morgan fingerprint density at radius 1 is 0.275 bits per heavy atom. The van der Waals surface area contributed by atoms with Crippen molar-refractivity contribution in [3.05, 3.63) is 153 Å². The third-order valence-electron chi connectivity index (χ3n) is 10.2. The number of benzene rings is 4. The second kappa shape index (κ2) is 10.9. The fourth-order valence-electron chi connectivity index (χ4n) is 8.33. The van der Waals surface area contributed by atoms with Crippen molar-refractivity contribution in [3.8, 4) is 33.4 Å². The fourth-order valence-corrected chi connectivity index (χ4v) is 20.2. The summed E-state index contributed by atoms with van der Waals surface area (Å²) in [6.45, 7) is 0. The Labute approximate surface area is 332 Å². The molecule has 0 unspecified atom stereocenters. The van der Waals surface area contributed by atoms with Crippen molar-refractivity contribution < 1.29 is 0 Å². The maximum absolute atomic E-state index is 2.40. The predicted molar refractivity (Wildman–Crippen MR) is 229 cm³/mol. The molecule has 9 heteroatoms. The molecule has 0 saturated heterocycles. The zero-order chi connectivity index (χ0) is 32.9. The zero-order valence-corrected chi connectivity index (χ0v) is 33.4. The summed E-state index contributed by atoms with van der Waals surface area (Å²) in [5, 5.41) is 6.72. The van der Waals surface area contributed by atoms with Crippen molar-refractivity contribution >= 4 is 121 Å². The average Bonchev–Trinajstić information content (AvgIpc) is 3.98. The van der Waals surface area contributed by atoms with Crippen molar-refractivity contribution in [2.45, 2.75) is 27.3 Å². The Kier molecular flexibility index (Phi) is 6.37. The topological polar surface area (TPSA) is 0 Å². The molecule has 7 aromatic rings. The molecule has 3 aromatic heterocycles. The first-order chi connectivity index (χ1) is 25.3. The lowest BCUT2D eigenvalue weighted by Gasteiger charge is -2.20. The first-order valence-electron chi connectivity index (χ1n) is 16.4. The van der Waals surface area contributed by atoms with Gasteiger partial charge in [-0.1, -0.05) is 143 Å². The summed E-state index contributed by atoms with van der Waals surface area (Å²) in [6, 6.07) is 34.7. The molecule has 13 rings (SSSR count). The zero-order valence-electron chi connectivity index (χ0n) is 26.1. The lowest BCUT2D eigenvalue weighted by atomic mass is 9.84. The SMILES string of the molecule is c1ccc2c(c1)/C(=C1/Sc3ccsc3S1)c1c-2c2c(c3c1-c1ccccc1/C3=C1/Sc3ccsc3S1)-c1ccccc1/C2=C1/Sc2ccsc2S1. The molecule has 3 aliphatic heterocycles. The molecule has 0 fully saturated rings. The average molecular weight is 811 g/mol. The Balaban J connectivity index is 1.23. The number of fused-ring (bicyclic) bond motifs is 15. The molecule has 0 N–H and O–H groups in total. The molecule has 0 nitrogen and oxygen atoms in total. The van der Waals surface area contributed by atoms with E-state index in [0.717, 1.165) is 0 Å². The van der Waals surface area contributed by atoms with E-state index in [9.17, 15) is 0 Å². The van der Waals surface area contributed by atoms with Crippen LogP contribution in [-0.4, -0.2) is 0 Å². The van der Waals surface area contributed by atoms with Gasteiger partial charge in [-0.2, -0.15) is 0 Å². The van der Waals surface area contributed by atoms with E-state index in [-0.39, 0.29) is 0 Å². The van der Waals surface area contributed by atoms with Gasteiger partial charge in [-0.3, -0.25) is 0 Å². The molecular formula is C42H18S9. The fraction of sp³-hybridized carbons (Fsp3) is 0. The van der Waals surface area contributed by atoms with Gasteiger partial charge in [0.05, 0.1) is 25.3 Å². The van der Waals surface area contributed by atoms with Crippen LogP contribution in [0.25, 0.3) is 50.1 Å². The van der Waals surface area contributed by atoms with Crippen molar-refractivity contribution in [3.63, 3.8) is 0 Å². The van der Waals surface area contributed by atoms with Gasteiger partial charge in [0, 0.05) is 48.1 Å². The van der Waals surface area contributed by atoms with Crippen LogP contribution in [0.4, 0.5) is 0 Å². The minimum Gasteiger partial charge on any atom is -0.136 e. The van der Waals surface area contributed by atoms with E-state index in [1.807, 2.05) is 105 Å². The molecule has 240 valence electrons. The molecule has 6 aliphatic rings. The highest BCUT2D eigenvalue weighted by molar-refractivity contribution is 8.26. The van der Waals surface area contributed by atoms with E-state index in [2.05, 4.69) is 107 Å². The van der Waals surface area contributed by atoms with Crippen molar-refractivity contribution in [1.82, 2.24) is 0 Å². The van der Waals surface area contributed by atoms with Gasteiger partial charge in [-0.05, 0) is 84.4 Å². The molecule has 4 aromatic carbocycles. The Morgan fingerprint density at radius 3 is 0.863 bits per heavy atom. The highest BCUT2D eigenvalue weighted by Gasteiger charge is 2.46. The van der Waals surface area contributed by atoms with Gasteiger partial charge < -0.3 is 0 Å². The van der Waals surface area contributed by atoms with Gasteiger partial charge in [0.1, 0.15) is 0 Å². The molecule has 0 bridgehead atoms. The van der Waals surface area contributed by atoms with Gasteiger partial charge in [0.25, 0.3) is 0 Å². The number of hydrogen-bond donors (Lipinski definition) is 0. The van der Waals surface area contributed by atoms with E-state index in [1.54, 1.807) is 0 Å². The van der Waals surface area contributed by atoms with E-state index in [4.69, 9.17) is 0 Å². The van der Waals surface area contributed by atoms with Gasteiger partial charge in [0.2, 0.25) is 0 Å². The number of thiophene rings is 3. The minimum absolute atomic E-state index is 1.37. The minimum atomic E-state index is 1.37. The van der Waals surface area contributed by atoms with Crippen molar-refractivity contribution in [2.24, 2.45) is 0 Å². The lowest BCUT2D eigenvalue weighted by Crippen LogP contribution is -1.98. The normalized spacial score (nSPS) is 20.9. The van der Waals surface area contributed by atoms with E-state index in [0.29, 0.717) is 0 Å². The van der Waals surface area contributed by atoms with Crippen LogP contribution in [0.15, 0.2) is 147 Å². The molecule has 0 spiro atoms. The molecular weight excluding hydrogens is 793 g/mol. The van der Waals surface area contributed by atoms with Crippen LogP contribution >= 0.6 is 105 Å². The predicted octanol–water partition coefficient (Wildman–Crippen LogP) is 15.7. The van der Waals surface area contributed by atoms with E-state index in [1.165, 1.54) is 124 Å². The maximum Gasteiger partial charge on any atom is 0.0791 e. The monoisotopic (exact) mass is 810 g/mol. The van der Waals surface area contributed by atoms with E-state index < -0.39 is 0 Å². The third kappa shape index (κ3) is 3.97. The maximum atomic E-state index is 2.40. The molecule has 3 aliphatic carbocycles. The molecule has 6 heterocycles. The van der Waals surface area contributed by atoms with Gasteiger partial charge in [-0.15, -0.1) is 34.0 Å². The molecule has 0 atom stereocenters. The third-order valence-corrected chi connectivity index (χ3v) is 21.5. The van der Waals surface area contributed by atoms with E-state index >= 15 is 0 Å². The summed E-state index contributed by atoms with van der Waals surface area (Å²) in [5.41, 5.74) is 21.0. The summed E-state index contributed by atoms with van der Waals surface area (Å²) in [5.74, 6) is 0. The summed E-state index contributed by atoms with van der Waals surface area (Å²) < 4.78 is 8.48.